The summed E-state index contributed by atoms with van der Waals surface area (Å²) >= 11 is 1.52. The lowest BCUT2D eigenvalue weighted by molar-refractivity contribution is -0.136. The Hall–Kier alpha value is -0.720. The molecule has 6 heteroatoms. The van der Waals surface area contributed by atoms with Gasteiger partial charge in [-0.1, -0.05) is 18.2 Å². The number of rotatable bonds is 6. The normalized spacial score (nSPS) is 13.6. The minimum absolute atomic E-state index is 0.00111. The van der Waals surface area contributed by atoms with E-state index in [1.54, 1.807) is 0 Å². The number of thioether (sulfide) groups is 1. The molecule has 0 heterocycles. The number of hydrazine groups is 1. The van der Waals surface area contributed by atoms with Gasteiger partial charge >= 0.3 is 6.18 Å². The molecule has 1 aromatic carbocycles. The zero-order valence-electron chi connectivity index (χ0n) is 10.1. The lowest BCUT2D eigenvalue weighted by atomic mass is 10.2. The van der Waals surface area contributed by atoms with E-state index in [4.69, 9.17) is 5.84 Å². The first kappa shape index (κ1) is 15.3. The lowest BCUT2D eigenvalue weighted by Gasteiger charge is -2.17. The van der Waals surface area contributed by atoms with Crippen molar-refractivity contribution in [3.63, 3.8) is 0 Å². The number of halogens is 3. The number of aryl methyl sites for hydroxylation is 1. The van der Waals surface area contributed by atoms with E-state index < -0.39 is 12.6 Å². The number of benzene rings is 1. The molecule has 0 radical (unpaired) electrons. The zero-order chi connectivity index (χ0) is 13.6. The van der Waals surface area contributed by atoms with Crippen LogP contribution in [0.3, 0.4) is 0 Å². The summed E-state index contributed by atoms with van der Waals surface area (Å²) in [5.41, 5.74) is 3.56. The molecule has 1 unspecified atom stereocenters. The third-order valence-electron chi connectivity index (χ3n) is 2.55. The highest BCUT2D eigenvalue weighted by Gasteiger charge is 2.28. The number of alkyl halides is 3. The molecule has 1 aromatic rings. The molecule has 3 N–H and O–H groups in total. The summed E-state index contributed by atoms with van der Waals surface area (Å²) in [6, 6.07) is 7.44. The third-order valence-corrected chi connectivity index (χ3v) is 3.88. The SMILES string of the molecule is Cc1ccccc1SCC(CCC(F)(F)F)NN. The molecule has 0 amide bonds. The molecule has 0 bridgehead atoms. The fourth-order valence-corrected chi connectivity index (χ4v) is 2.58. The van der Waals surface area contributed by atoms with Crippen molar-refractivity contribution in [1.29, 1.82) is 0 Å². The van der Waals surface area contributed by atoms with Crippen LogP contribution in [0.1, 0.15) is 18.4 Å². The van der Waals surface area contributed by atoms with E-state index in [0.717, 1.165) is 10.5 Å². The summed E-state index contributed by atoms with van der Waals surface area (Å²) in [5, 5.41) is 0. The van der Waals surface area contributed by atoms with E-state index in [2.05, 4.69) is 5.43 Å². The van der Waals surface area contributed by atoms with E-state index in [1.807, 2.05) is 31.2 Å². The second kappa shape index (κ2) is 7.01. The minimum atomic E-state index is -4.12. The van der Waals surface area contributed by atoms with Crippen LogP contribution in [-0.2, 0) is 0 Å². The van der Waals surface area contributed by atoms with Crippen LogP contribution >= 0.6 is 11.8 Å². The third kappa shape index (κ3) is 5.75. The summed E-state index contributed by atoms with van der Waals surface area (Å²) in [6.45, 7) is 1.98. The van der Waals surface area contributed by atoms with Gasteiger partial charge in [-0.3, -0.25) is 11.3 Å². The van der Waals surface area contributed by atoms with Crippen molar-refractivity contribution in [2.75, 3.05) is 5.75 Å². The van der Waals surface area contributed by atoms with Crippen LogP contribution in [0.15, 0.2) is 29.2 Å². The molecule has 0 aliphatic rings. The van der Waals surface area contributed by atoms with Gasteiger partial charge in [0.1, 0.15) is 0 Å². The Morgan fingerprint density at radius 3 is 2.56 bits per heavy atom. The van der Waals surface area contributed by atoms with Gasteiger partial charge in [0.25, 0.3) is 0 Å². The monoisotopic (exact) mass is 278 g/mol. The molecule has 0 aliphatic heterocycles. The van der Waals surface area contributed by atoms with Crippen molar-refractivity contribution in [1.82, 2.24) is 5.43 Å². The van der Waals surface area contributed by atoms with Crippen molar-refractivity contribution >= 4 is 11.8 Å². The second-order valence-corrected chi connectivity index (χ2v) is 5.16. The van der Waals surface area contributed by atoms with Crippen LogP contribution < -0.4 is 11.3 Å². The predicted octanol–water partition coefficient (Wildman–Crippen LogP) is 3.26. The number of hydrogen-bond acceptors (Lipinski definition) is 3. The Morgan fingerprint density at radius 2 is 2.00 bits per heavy atom. The highest BCUT2D eigenvalue weighted by molar-refractivity contribution is 7.99. The van der Waals surface area contributed by atoms with Crippen molar-refractivity contribution in [3.05, 3.63) is 29.8 Å². The molecule has 0 aromatic heterocycles. The Balaban J connectivity index is 2.43. The quantitative estimate of drug-likeness (QED) is 0.476. The Labute approximate surface area is 109 Å². The van der Waals surface area contributed by atoms with Crippen molar-refractivity contribution in [2.45, 2.75) is 36.9 Å². The summed E-state index contributed by atoms with van der Waals surface area (Å²) in [6.07, 6.45) is -4.93. The second-order valence-electron chi connectivity index (χ2n) is 4.09. The largest absolute Gasteiger partial charge is 0.389 e. The Kier molecular flexibility index (Phi) is 5.98. The standard InChI is InChI=1S/C12H17F3N2S/c1-9-4-2-3-5-11(9)18-8-10(17-16)6-7-12(13,14)15/h2-5,10,17H,6-8,16H2,1H3. The van der Waals surface area contributed by atoms with Crippen molar-refractivity contribution < 1.29 is 13.2 Å². The van der Waals surface area contributed by atoms with Gasteiger partial charge in [0, 0.05) is 23.1 Å². The van der Waals surface area contributed by atoms with Gasteiger partial charge in [-0.2, -0.15) is 13.2 Å². The van der Waals surface area contributed by atoms with Crippen LogP contribution in [0.4, 0.5) is 13.2 Å². The van der Waals surface area contributed by atoms with Gasteiger partial charge in [-0.25, -0.2) is 0 Å². The van der Waals surface area contributed by atoms with E-state index >= 15 is 0 Å². The molecule has 0 aliphatic carbocycles. The molecule has 0 saturated carbocycles. The Morgan fingerprint density at radius 1 is 1.33 bits per heavy atom. The fraction of sp³-hybridized carbons (Fsp3) is 0.500. The predicted molar refractivity (Wildman–Crippen MR) is 68.3 cm³/mol. The van der Waals surface area contributed by atoms with Crippen LogP contribution in [0.25, 0.3) is 0 Å². The van der Waals surface area contributed by atoms with Crippen LogP contribution in [0.5, 0.6) is 0 Å². The molecule has 0 saturated heterocycles. The molecular formula is C12H17F3N2S. The fourth-order valence-electron chi connectivity index (χ4n) is 1.46. The molecule has 0 spiro atoms. The maximum Gasteiger partial charge on any atom is 0.389 e. The molecule has 2 nitrogen and oxygen atoms in total. The molecule has 102 valence electrons. The van der Waals surface area contributed by atoms with Crippen LogP contribution in [-0.4, -0.2) is 18.0 Å². The molecule has 1 rings (SSSR count). The van der Waals surface area contributed by atoms with E-state index in [0.29, 0.717) is 5.75 Å². The first-order chi connectivity index (χ1) is 8.42. The summed E-state index contributed by atoms with van der Waals surface area (Å²) in [7, 11) is 0. The topological polar surface area (TPSA) is 38.0 Å². The van der Waals surface area contributed by atoms with Crippen LogP contribution in [0, 0.1) is 6.92 Å². The molecule has 18 heavy (non-hydrogen) atoms. The molecule has 0 fully saturated rings. The van der Waals surface area contributed by atoms with Gasteiger partial charge in [0.15, 0.2) is 0 Å². The molecule has 1 atom stereocenters. The molecular weight excluding hydrogens is 261 g/mol. The van der Waals surface area contributed by atoms with E-state index in [9.17, 15) is 13.2 Å². The number of nitrogens with one attached hydrogen (secondary N) is 1. The van der Waals surface area contributed by atoms with Gasteiger partial charge in [0.05, 0.1) is 0 Å². The van der Waals surface area contributed by atoms with Crippen molar-refractivity contribution in [3.8, 4) is 0 Å². The number of hydrogen-bond donors (Lipinski definition) is 2. The van der Waals surface area contributed by atoms with E-state index in [1.165, 1.54) is 11.8 Å². The van der Waals surface area contributed by atoms with Gasteiger partial charge in [-0.15, -0.1) is 11.8 Å². The summed E-state index contributed by atoms with van der Waals surface area (Å²) in [5.74, 6) is 5.80. The van der Waals surface area contributed by atoms with Gasteiger partial charge in [0.2, 0.25) is 0 Å². The summed E-state index contributed by atoms with van der Waals surface area (Å²) < 4.78 is 36.3. The smallest absolute Gasteiger partial charge is 0.271 e. The van der Waals surface area contributed by atoms with Gasteiger partial charge in [-0.05, 0) is 25.0 Å². The van der Waals surface area contributed by atoms with E-state index in [-0.39, 0.29) is 12.5 Å². The first-order valence-corrected chi connectivity index (χ1v) is 6.62. The summed E-state index contributed by atoms with van der Waals surface area (Å²) in [4.78, 5) is 1.07. The Bertz CT molecular complexity index is 369. The lowest BCUT2D eigenvalue weighted by Crippen LogP contribution is -2.37. The maximum atomic E-state index is 12.1. The highest BCUT2D eigenvalue weighted by Crippen LogP contribution is 2.26. The van der Waals surface area contributed by atoms with Crippen molar-refractivity contribution in [2.24, 2.45) is 5.84 Å². The average Bonchev–Trinajstić information content (AvgIpc) is 2.30. The highest BCUT2D eigenvalue weighted by atomic mass is 32.2. The first-order valence-electron chi connectivity index (χ1n) is 5.63. The van der Waals surface area contributed by atoms with Crippen LogP contribution in [0.2, 0.25) is 0 Å². The zero-order valence-corrected chi connectivity index (χ0v) is 10.9. The van der Waals surface area contributed by atoms with Gasteiger partial charge < -0.3 is 0 Å². The number of nitrogens with two attached hydrogens (primary N) is 1. The average molecular weight is 278 g/mol. The maximum absolute atomic E-state index is 12.1. The minimum Gasteiger partial charge on any atom is -0.271 e.